The summed E-state index contributed by atoms with van der Waals surface area (Å²) in [6.07, 6.45) is 12.3. The second kappa shape index (κ2) is 8.82. The van der Waals surface area contributed by atoms with Crippen LogP contribution >= 0.6 is 23.2 Å². The molecule has 3 aliphatic heterocycles. The standard InChI is InChI=1S/C24H26Cl2FN3O2/c25-19-3-4-20(27)21(22(19)26)24(8-9-28-14-24)29-16-2-1-15-5-10-30(23(31)18(15)13-16)17-6-11-32-12-7-17/h1-5,10,13,15,17-18,28-29H,6-9,11-12,14H2/t15?,18?,24-/m1/s1. The molecule has 5 rings (SSSR count). The summed E-state index contributed by atoms with van der Waals surface area (Å²) in [6, 6.07) is 3.00. The van der Waals surface area contributed by atoms with Crippen LogP contribution in [0.3, 0.4) is 0 Å². The fourth-order valence-corrected chi connectivity index (χ4v) is 5.71. The van der Waals surface area contributed by atoms with E-state index in [0.29, 0.717) is 36.8 Å². The molecule has 2 N–H and O–H groups in total. The topological polar surface area (TPSA) is 53.6 Å². The predicted octanol–water partition coefficient (Wildman–Crippen LogP) is 4.13. The molecule has 32 heavy (non-hydrogen) atoms. The molecule has 0 aromatic heterocycles. The summed E-state index contributed by atoms with van der Waals surface area (Å²) in [5.74, 6) is -0.565. The second-order valence-corrected chi connectivity index (χ2v) is 9.65. The molecular weight excluding hydrogens is 452 g/mol. The molecule has 3 heterocycles. The maximum atomic E-state index is 14.9. The van der Waals surface area contributed by atoms with Crippen molar-refractivity contribution in [2.75, 3.05) is 26.3 Å². The third-order valence-electron chi connectivity index (χ3n) is 6.93. The van der Waals surface area contributed by atoms with Crippen LogP contribution in [0.4, 0.5) is 4.39 Å². The molecule has 0 radical (unpaired) electrons. The summed E-state index contributed by atoms with van der Waals surface area (Å²) in [5, 5.41) is 7.38. The van der Waals surface area contributed by atoms with E-state index in [1.165, 1.54) is 12.1 Å². The van der Waals surface area contributed by atoms with Crippen LogP contribution in [0.5, 0.6) is 0 Å². The maximum Gasteiger partial charge on any atom is 0.234 e. The molecule has 1 aromatic rings. The van der Waals surface area contributed by atoms with E-state index in [9.17, 15) is 9.18 Å². The van der Waals surface area contributed by atoms with Crippen LogP contribution < -0.4 is 10.6 Å². The normalized spacial score (nSPS) is 30.4. The first-order valence-corrected chi connectivity index (χ1v) is 11.9. The van der Waals surface area contributed by atoms with Gasteiger partial charge < -0.3 is 20.3 Å². The van der Waals surface area contributed by atoms with Crippen molar-refractivity contribution in [2.45, 2.75) is 30.8 Å². The number of carbonyl (C=O) groups is 1. The van der Waals surface area contributed by atoms with Gasteiger partial charge in [0, 0.05) is 49.2 Å². The van der Waals surface area contributed by atoms with Crippen LogP contribution in [0.1, 0.15) is 24.8 Å². The van der Waals surface area contributed by atoms with Gasteiger partial charge in [0.25, 0.3) is 0 Å². The molecule has 2 unspecified atom stereocenters. The highest BCUT2D eigenvalue weighted by atomic mass is 35.5. The minimum absolute atomic E-state index is 0.0216. The zero-order valence-corrected chi connectivity index (χ0v) is 19.1. The summed E-state index contributed by atoms with van der Waals surface area (Å²) in [6.45, 7) is 2.59. The Hall–Kier alpha value is -1.86. The van der Waals surface area contributed by atoms with Crippen LogP contribution in [0.25, 0.3) is 0 Å². The molecule has 2 fully saturated rings. The van der Waals surface area contributed by atoms with Crippen LogP contribution in [0.15, 0.2) is 48.3 Å². The van der Waals surface area contributed by atoms with Gasteiger partial charge in [0.15, 0.2) is 0 Å². The number of nitrogens with one attached hydrogen (secondary N) is 2. The first kappa shape index (κ1) is 22.0. The second-order valence-electron chi connectivity index (χ2n) is 8.87. The number of benzene rings is 1. The first-order valence-electron chi connectivity index (χ1n) is 11.1. The highest BCUT2D eigenvalue weighted by Crippen LogP contribution is 2.40. The van der Waals surface area contributed by atoms with Crippen molar-refractivity contribution in [1.82, 2.24) is 15.5 Å². The van der Waals surface area contributed by atoms with Gasteiger partial charge in [-0.2, -0.15) is 0 Å². The molecule has 170 valence electrons. The number of fused-ring (bicyclic) bond motifs is 1. The Kier molecular flexibility index (Phi) is 6.05. The molecule has 1 aliphatic carbocycles. The fourth-order valence-electron chi connectivity index (χ4n) is 5.22. The summed E-state index contributed by atoms with van der Waals surface area (Å²) >= 11 is 12.7. The number of amides is 1. The Morgan fingerprint density at radius 3 is 2.78 bits per heavy atom. The van der Waals surface area contributed by atoms with Crippen molar-refractivity contribution < 1.29 is 13.9 Å². The van der Waals surface area contributed by atoms with Crippen molar-refractivity contribution in [3.63, 3.8) is 0 Å². The molecule has 0 saturated carbocycles. The first-order chi connectivity index (χ1) is 15.5. The zero-order chi connectivity index (χ0) is 22.3. The number of ether oxygens (including phenoxy) is 1. The number of hydrogen-bond acceptors (Lipinski definition) is 4. The Bertz CT molecular complexity index is 997. The van der Waals surface area contributed by atoms with Gasteiger partial charge in [0.05, 0.1) is 21.5 Å². The monoisotopic (exact) mass is 477 g/mol. The Balaban J connectivity index is 1.43. The molecule has 0 bridgehead atoms. The van der Waals surface area contributed by atoms with Crippen LogP contribution in [0, 0.1) is 17.7 Å². The Labute approximate surface area is 197 Å². The van der Waals surface area contributed by atoms with Crippen LogP contribution in [0.2, 0.25) is 10.0 Å². The highest BCUT2D eigenvalue weighted by molar-refractivity contribution is 6.42. The highest BCUT2D eigenvalue weighted by Gasteiger charge is 2.42. The Morgan fingerprint density at radius 2 is 2.03 bits per heavy atom. The SMILES string of the molecule is O=C1C2C=C(N[C@]3(c4c(F)ccc(Cl)c4Cl)CCNC3)C=CC2C=CN1C1CCOCC1. The van der Waals surface area contributed by atoms with E-state index in [4.69, 9.17) is 27.9 Å². The largest absolute Gasteiger partial charge is 0.381 e. The lowest BCUT2D eigenvalue weighted by Crippen LogP contribution is -2.48. The third-order valence-corrected chi connectivity index (χ3v) is 7.73. The van der Waals surface area contributed by atoms with E-state index >= 15 is 0 Å². The molecule has 0 spiro atoms. The summed E-state index contributed by atoms with van der Waals surface area (Å²) < 4.78 is 20.4. The lowest BCUT2D eigenvalue weighted by atomic mass is 9.82. The fraction of sp³-hybridized carbons (Fsp3) is 0.458. The minimum Gasteiger partial charge on any atom is -0.381 e. The van der Waals surface area contributed by atoms with Gasteiger partial charge in [-0.3, -0.25) is 4.79 Å². The number of hydrogen-bond donors (Lipinski definition) is 2. The molecule has 5 nitrogen and oxygen atoms in total. The lowest BCUT2D eigenvalue weighted by Gasteiger charge is -2.39. The zero-order valence-electron chi connectivity index (χ0n) is 17.6. The van der Waals surface area contributed by atoms with Gasteiger partial charge >= 0.3 is 0 Å². The molecule has 4 aliphatic rings. The number of allylic oxidation sites excluding steroid dienone is 3. The number of rotatable bonds is 4. The van der Waals surface area contributed by atoms with Crippen molar-refractivity contribution in [2.24, 2.45) is 11.8 Å². The van der Waals surface area contributed by atoms with Gasteiger partial charge in [0.1, 0.15) is 5.82 Å². The van der Waals surface area contributed by atoms with Crippen molar-refractivity contribution in [3.8, 4) is 0 Å². The number of halogens is 3. The Morgan fingerprint density at radius 1 is 1.22 bits per heavy atom. The molecule has 1 aromatic carbocycles. The van der Waals surface area contributed by atoms with Gasteiger partial charge in [-0.05, 0) is 50.1 Å². The molecular formula is C24H26Cl2FN3O2. The van der Waals surface area contributed by atoms with Crippen LogP contribution in [-0.4, -0.2) is 43.2 Å². The van der Waals surface area contributed by atoms with Crippen molar-refractivity contribution in [3.05, 3.63) is 69.8 Å². The smallest absolute Gasteiger partial charge is 0.234 e. The van der Waals surface area contributed by atoms with Gasteiger partial charge in [-0.1, -0.05) is 35.4 Å². The number of nitrogens with zero attached hydrogens (tertiary/aromatic N) is 1. The van der Waals surface area contributed by atoms with E-state index in [1.54, 1.807) is 0 Å². The molecule has 3 atom stereocenters. The van der Waals surface area contributed by atoms with Crippen LogP contribution in [-0.2, 0) is 15.1 Å². The quantitative estimate of drug-likeness (QED) is 0.640. The van der Waals surface area contributed by atoms with Crippen molar-refractivity contribution in [1.29, 1.82) is 0 Å². The number of carbonyl (C=O) groups excluding carboxylic acids is 1. The van der Waals surface area contributed by atoms with E-state index in [0.717, 1.165) is 25.1 Å². The average molecular weight is 478 g/mol. The molecule has 1 amide bonds. The minimum atomic E-state index is -0.747. The predicted molar refractivity (Wildman–Crippen MR) is 123 cm³/mol. The third kappa shape index (κ3) is 3.87. The van der Waals surface area contributed by atoms with Gasteiger partial charge in [0.2, 0.25) is 5.91 Å². The van der Waals surface area contributed by atoms with E-state index in [-0.39, 0.29) is 28.8 Å². The summed E-state index contributed by atoms with van der Waals surface area (Å²) in [5.41, 5.74) is 0.413. The van der Waals surface area contributed by atoms with Crippen molar-refractivity contribution >= 4 is 29.1 Å². The van der Waals surface area contributed by atoms with E-state index in [2.05, 4.69) is 16.7 Å². The molecule has 2 saturated heterocycles. The average Bonchev–Trinajstić information content (AvgIpc) is 3.27. The van der Waals surface area contributed by atoms with E-state index in [1.807, 2.05) is 29.3 Å². The molecule has 8 heteroatoms. The summed E-state index contributed by atoms with van der Waals surface area (Å²) in [7, 11) is 0. The van der Waals surface area contributed by atoms with E-state index < -0.39 is 11.4 Å². The lowest BCUT2D eigenvalue weighted by molar-refractivity contribution is -0.136. The van der Waals surface area contributed by atoms with Gasteiger partial charge in [-0.15, -0.1) is 0 Å². The summed E-state index contributed by atoms with van der Waals surface area (Å²) in [4.78, 5) is 15.2. The van der Waals surface area contributed by atoms with Gasteiger partial charge in [-0.25, -0.2) is 4.39 Å². The maximum absolute atomic E-state index is 14.9.